The van der Waals surface area contributed by atoms with Crippen LogP contribution in [0.2, 0.25) is 0 Å². The minimum absolute atomic E-state index is 0.192. The van der Waals surface area contributed by atoms with E-state index >= 15 is 0 Å². The van der Waals surface area contributed by atoms with E-state index in [2.05, 4.69) is 20.4 Å². The van der Waals surface area contributed by atoms with Crippen LogP contribution in [0.1, 0.15) is 12.0 Å². The fourth-order valence-electron chi connectivity index (χ4n) is 2.56. The third-order valence-corrected chi connectivity index (χ3v) is 3.89. The predicted molar refractivity (Wildman–Crippen MR) is 92.0 cm³/mol. The Bertz CT molecular complexity index is 809. The Kier molecular flexibility index (Phi) is 5.11. The molecule has 0 spiro atoms. The molecule has 0 aliphatic carbocycles. The summed E-state index contributed by atoms with van der Waals surface area (Å²) in [5, 5.41) is 1.13. The average molecular weight is 324 g/mol. The maximum atomic E-state index is 11.1. The monoisotopic (exact) mass is 324 g/mol. The van der Waals surface area contributed by atoms with Gasteiger partial charge in [0.1, 0.15) is 18.0 Å². The van der Waals surface area contributed by atoms with Crippen LogP contribution in [-0.4, -0.2) is 29.2 Å². The van der Waals surface area contributed by atoms with Gasteiger partial charge >= 0.3 is 5.97 Å². The van der Waals surface area contributed by atoms with E-state index in [9.17, 15) is 4.79 Å². The van der Waals surface area contributed by atoms with E-state index in [-0.39, 0.29) is 5.97 Å². The molecular weight excluding hydrogens is 304 g/mol. The standard InChI is InChI=1S/C19H20N2O3/c1-23-18(22)9-6-15-4-7-17(8-5-15)24-14-13-21-12-10-16-3-2-11-20-19(16)21/h2-5,7-8,10-12H,6,9,13-14H2,1H3. The largest absolute Gasteiger partial charge is 0.492 e. The normalized spacial score (nSPS) is 10.7. The Balaban J connectivity index is 1.51. The van der Waals surface area contributed by atoms with Crippen LogP contribution in [0, 0.1) is 0 Å². The van der Waals surface area contributed by atoms with Gasteiger partial charge in [0, 0.05) is 24.2 Å². The molecule has 0 saturated heterocycles. The first kappa shape index (κ1) is 16.1. The first-order valence-electron chi connectivity index (χ1n) is 7.94. The van der Waals surface area contributed by atoms with Crippen LogP contribution in [0.25, 0.3) is 11.0 Å². The van der Waals surface area contributed by atoms with Crippen molar-refractivity contribution in [2.24, 2.45) is 0 Å². The fourth-order valence-corrected chi connectivity index (χ4v) is 2.56. The third kappa shape index (κ3) is 3.93. The number of hydrogen-bond acceptors (Lipinski definition) is 4. The van der Waals surface area contributed by atoms with Gasteiger partial charge in [-0.05, 0) is 42.3 Å². The van der Waals surface area contributed by atoms with Crippen molar-refractivity contribution in [2.75, 3.05) is 13.7 Å². The highest BCUT2D eigenvalue weighted by atomic mass is 16.5. The van der Waals surface area contributed by atoms with Crippen LogP contribution in [-0.2, 0) is 22.5 Å². The molecule has 2 heterocycles. The topological polar surface area (TPSA) is 53.4 Å². The lowest BCUT2D eigenvalue weighted by Gasteiger charge is -2.08. The van der Waals surface area contributed by atoms with Crippen molar-refractivity contribution in [1.29, 1.82) is 0 Å². The van der Waals surface area contributed by atoms with Gasteiger partial charge in [0.05, 0.1) is 13.7 Å². The third-order valence-electron chi connectivity index (χ3n) is 3.89. The highest BCUT2D eigenvalue weighted by molar-refractivity contribution is 5.75. The number of benzene rings is 1. The maximum Gasteiger partial charge on any atom is 0.305 e. The molecule has 5 heteroatoms. The molecule has 0 N–H and O–H groups in total. The van der Waals surface area contributed by atoms with Gasteiger partial charge in [0.15, 0.2) is 0 Å². The number of pyridine rings is 1. The predicted octanol–water partition coefficient (Wildman–Crippen LogP) is 3.22. The van der Waals surface area contributed by atoms with E-state index < -0.39 is 0 Å². The molecule has 24 heavy (non-hydrogen) atoms. The summed E-state index contributed by atoms with van der Waals surface area (Å²) in [5.41, 5.74) is 2.06. The van der Waals surface area contributed by atoms with Crippen LogP contribution in [0.5, 0.6) is 5.75 Å². The lowest BCUT2D eigenvalue weighted by molar-refractivity contribution is -0.140. The molecule has 0 atom stereocenters. The number of aromatic nitrogens is 2. The quantitative estimate of drug-likeness (QED) is 0.626. The van der Waals surface area contributed by atoms with Gasteiger partial charge in [-0.15, -0.1) is 0 Å². The zero-order valence-corrected chi connectivity index (χ0v) is 13.6. The molecule has 0 aliphatic rings. The number of fused-ring (bicyclic) bond motifs is 1. The van der Waals surface area contributed by atoms with Crippen molar-refractivity contribution in [3.63, 3.8) is 0 Å². The SMILES string of the molecule is COC(=O)CCc1ccc(OCCn2ccc3cccnc32)cc1. The number of carbonyl (C=O) groups is 1. The molecule has 5 nitrogen and oxygen atoms in total. The maximum absolute atomic E-state index is 11.1. The van der Waals surface area contributed by atoms with Crippen molar-refractivity contribution in [3.8, 4) is 5.75 Å². The van der Waals surface area contributed by atoms with Gasteiger partial charge < -0.3 is 14.0 Å². The summed E-state index contributed by atoms with van der Waals surface area (Å²) in [7, 11) is 1.41. The lowest BCUT2D eigenvalue weighted by atomic mass is 10.1. The Labute approximate surface area is 140 Å². The Morgan fingerprint density at radius 3 is 2.79 bits per heavy atom. The zero-order valence-electron chi connectivity index (χ0n) is 13.6. The Morgan fingerprint density at radius 2 is 2.00 bits per heavy atom. The average Bonchev–Trinajstić information content (AvgIpc) is 3.04. The van der Waals surface area contributed by atoms with Crippen molar-refractivity contribution in [1.82, 2.24) is 9.55 Å². The van der Waals surface area contributed by atoms with Crippen molar-refractivity contribution in [2.45, 2.75) is 19.4 Å². The molecule has 0 bridgehead atoms. The highest BCUT2D eigenvalue weighted by Gasteiger charge is 2.03. The summed E-state index contributed by atoms with van der Waals surface area (Å²) < 4.78 is 12.5. The highest BCUT2D eigenvalue weighted by Crippen LogP contribution is 2.15. The molecule has 0 amide bonds. The van der Waals surface area contributed by atoms with E-state index in [1.807, 2.05) is 42.6 Å². The van der Waals surface area contributed by atoms with Crippen LogP contribution in [0.4, 0.5) is 0 Å². The van der Waals surface area contributed by atoms with E-state index in [1.54, 1.807) is 6.20 Å². The van der Waals surface area contributed by atoms with Crippen molar-refractivity contribution in [3.05, 3.63) is 60.4 Å². The number of carbonyl (C=O) groups excluding carboxylic acids is 1. The number of rotatable bonds is 7. The molecule has 124 valence electrons. The summed E-state index contributed by atoms with van der Waals surface area (Å²) in [5.74, 6) is 0.629. The first-order chi connectivity index (χ1) is 11.8. The Hall–Kier alpha value is -2.82. The van der Waals surface area contributed by atoms with Gasteiger partial charge in [0.25, 0.3) is 0 Å². The van der Waals surface area contributed by atoms with Crippen LogP contribution in [0.15, 0.2) is 54.9 Å². The molecule has 2 aromatic heterocycles. The van der Waals surface area contributed by atoms with Gasteiger partial charge in [-0.1, -0.05) is 12.1 Å². The minimum atomic E-state index is -0.192. The van der Waals surface area contributed by atoms with E-state index in [4.69, 9.17) is 4.74 Å². The second-order valence-corrected chi connectivity index (χ2v) is 5.49. The van der Waals surface area contributed by atoms with Crippen molar-refractivity contribution < 1.29 is 14.3 Å². The molecule has 1 aromatic carbocycles. The molecule has 3 aromatic rings. The molecule has 0 fully saturated rings. The molecule has 0 unspecified atom stereocenters. The van der Waals surface area contributed by atoms with Gasteiger partial charge in [-0.2, -0.15) is 0 Å². The minimum Gasteiger partial charge on any atom is -0.492 e. The van der Waals surface area contributed by atoms with Crippen LogP contribution < -0.4 is 4.74 Å². The summed E-state index contributed by atoms with van der Waals surface area (Å²) in [6.45, 7) is 1.31. The second-order valence-electron chi connectivity index (χ2n) is 5.49. The zero-order chi connectivity index (χ0) is 16.8. The Morgan fingerprint density at radius 1 is 1.17 bits per heavy atom. The van der Waals surface area contributed by atoms with E-state index in [1.165, 1.54) is 7.11 Å². The number of esters is 1. The summed E-state index contributed by atoms with van der Waals surface area (Å²) >= 11 is 0. The number of methoxy groups -OCH3 is 1. The molecular formula is C19H20N2O3. The first-order valence-corrected chi connectivity index (χ1v) is 7.94. The lowest BCUT2D eigenvalue weighted by Crippen LogP contribution is -2.07. The van der Waals surface area contributed by atoms with Crippen molar-refractivity contribution >= 4 is 17.0 Å². The number of ether oxygens (including phenoxy) is 2. The molecule has 0 saturated carbocycles. The molecule has 3 rings (SSSR count). The number of hydrogen-bond donors (Lipinski definition) is 0. The van der Waals surface area contributed by atoms with Gasteiger partial charge in [-0.25, -0.2) is 4.98 Å². The number of nitrogens with zero attached hydrogens (tertiary/aromatic N) is 2. The molecule has 0 radical (unpaired) electrons. The second kappa shape index (κ2) is 7.64. The van der Waals surface area contributed by atoms with Gasteiger partial charge in [-0.3, -0.25) is 4.79 Å². The van der Waals surface area contributed by atoms with Crippen LogP contribution in [0.3, 0.4) is 0 Å². The fraction of sp³-hybridized carbons (Fsp3) is 0.263. The number of aryl methyl sites for hydroxylation is 1. The van der Waals surface area contributed by atoms with E-state index in [0.717, 1.165) is 28.9 Å². The molecule has 0 aliphatic heterocycles. The van der Waals surface area contributed by atoms with Crippen LogP contribution >= 0.6 is 0 Å². The van der Waals surface area contributed by atoms with Gasteiger partial charge in [0.2, 0.25) is 0 Å². The smallest absolute Gasteiger partial charge is 0.305 e. The summed E-state index contributed by atoms with van der Waals surface area (Å²) in [6.07, 6.45) is 4.89. The summed E-state index contributed by atoms with van der Waals surface area (Å²) in [4.78, 5) is 15.5. The summed E-state index contributed by atoms with van der Waals surface area (Å²) in [6, 6.07) is 13.9. The van der Waals surface area contributed by atoms with E-state index in [0.29, 0.717) is 19.4 Å².